The second-order valence-corrected chi connectivity index (χ2v) is 9.50. The maximum atomic E-state index is 13.3. The first kappa shape index (κ1) is 19.6. The molecule has 0 fully saturated rings. The van der Waals surface area contributed by atoms with Gasteiger partial charge >= 0.3 is 5.97 Å². The molecule has 2 aliphatic rings. The Hall–Kier alpha value is -3.88. The monoisotopic (exact) mass is 470 g/mol. The second kappa shape index (κ2) is 7.06. The number of carbonyl (C=O) groups excluding carboxylic acids is 1. The van der Waals surface area contributed by atoms with Crippen LogP contribution < -0.4 is 14.2 Å². The van der Waals surface area contributed by atoms with Gasteiger partial charge in [-0.2, -0.15) is 0 Å². The number of imidazole rings is 1. The zero-order chi connectivity index (χ0) is 23.0. The van der Waals surface area contributed by atoms with Gasteiger partial charge in [0.1, 0.15) is 17.8 Å². The van der Waals surface area contributed by atoms with Crippen molar-refractivity contribution in [2.24, 2.45) is 0 Å². The Balaban J connectivity index is 1.52. The number of hydrogen-bond donors (Lipinski definition) is 1. The first-order valence-corrected chi connectivity index (χ1v) is 11.7. The van der Waals surface area contributed by atoms with Crippen LogP contribution in [0.2, 0.25) is 0 Å². The molecule has 0 radical (unpaired) electrons. The van der Waals surface area contributed by atoms with Crippen molar-refractivity contribution in [3.63, 3.8) is 0 Å². The summed E-state index contributed by atoms with van der Waals surface area (Å²) >= 11 is 1.55. The van der Waals surface area contributed by atoms with E-state index in [1.807, 2.05) is 47.7 Å². The van der Waals surface area contributed by atoms with Gasteiger partial charge in [0.2, 0.25) is 6.79 Å². The minimum absolute atomic E-state index is 0.165. The standard InChI is InChI=1S/C26H18N2O5S/c1-13-6-8-16-20(10-13)34-26-27-22(14-7-9-18-19(11-14)32-12-31-18)23(28(16)26)21-24(29)15-4-2-3-5-17(15)33-25(21)30/h2-11,21,24,29H,12H2,1H3. The molecule has 0 spiro atoms. The van der Waals surface area contributed by atoms with Gasteiger partial charge in [-0.15, -0.1) is 0 Å². The van der Waals surface area contributed by atoms with Crippen LogP contribution in [0.3, 0.4) is 0 Å². The maximum Gasteiger partial charge on any atom is 0.323 e. The molecule has 2 aliphatic heterocycles. The molecule has 2 unspecified atom stereocenters. The lowest BCUT2D eigenvalue weighted by molar-refractivity contribution is -0.141. The first-order chi connectivity index (χ1) is 16.6. The predicted octanol–water partition coefficient (Wildman–Crippen LogP) is 4.99. The molecule has 34 heavy (non-hydrogen) atoms. The molecule has 2 atom stereocenters. The normalized spacial score (nSPS) is 18.9. The highest BCUT2D eigenvalue weighted by molar-refractivity contribution is 7.23. The van der Waals surface area contributed by atoms with Crippen molar-refractivity contribution in [1.29, 1.82) is 0 Å². The van der Waals surface area contributed by atoms with Gasteiger partial charge in [-0.05, 0) is 48.9 Å². The summed E-state index contributed by atoms with van der Waals surface area (Å²) in [5.41, 5.74) is 4.62. The number of hydrogen-bond acceptors (Lipinski definition) is 7. The molecule has 7 nitrogen and oxygen atoms in total. The first-order valence-electron chi connectivity index (χ1n) is 10.9. The summed E-state index contributed by atoms with van der Waals surface area (Å²) < 4.78 is 19.7. The third-order valence-corrected chi connectivity index (χ3v) is 7.40. The lowest BCUT2D eigenvalue weighted by atomic mass is 9.88. The summed E-state index contributed by atoms with van der Waals surface area (Å²) in [7, 11) is 0. The number of benzene rings is 3. The molecule has 0 bridgehead atoms. The molecule has 7 rings (SSSR count). The number of carbonyl (C=O) groups is 1. The quantitative estimate of drug-likeness (QED) is 0.289. The number of rotatable bonds is 2. The van der Waals surface area contributed by atoms with E-state index >= 15 is 0 Å². The van der Waals surface area contributed by atoms with E-state index < -0.39 is 18.0 Å². The third kappa shape index (κ3) is 2.72. The van der Waals surface area contributed by atoms with E-state index in [0.717, 1.165) is 26.3 Å². The third-order valence-electron chi connectivity index (χ3n) is 6.40. The zero-order valence-electron chi connectivity index (χ0n) is 18.0. The largest absolute Gasteiger partial charge is 0.454 e. The Morgan fingerprint density at radius 1 is 1.03 bits per heavy atom. The number of nitrogens with zero attached hydrogens (tertiary/aromatic N) is 2. The average Bonchev–Trinajstić information content (AvgIpc) is 3.52. The maximum absolute atomic E-state index is 13.3. The van der Waals surface area contributed by atoms with Gasteiger partial charge in [0.15, 0.2) is 16.5 Å². The van der Waals surface area contributed by atoms with Gasteiger partial charge in [-0.25, -0.2) is 4.98 Å². The van der Waals surface area contributed by atoms with E-state index in [1.165, 1.54) is 0 Å². The molecule has 0 amide bonds. The van der Waals surface area contributed by atoms with Gasteiger partial charge < -0.3 is 19.3 Å². The fourth-order valence-corrected chi connectivity index (χ4v) is 5.93. The van der Waals surface area contributed by atoms with E-state index in [4.69, 9.17) is 19.2 Å². The SMILES string of the molecule is Cc1ccc2c(c1)sc1nc(-c3ccc4c(c3)OCO4)c(C3C(=O)Oc4ccccc4C3O)n12. The summed E-state index contributed by atoms with van der Waals surface area (Å²) in [4.78, 5) is 19.0. The van der Waals surface area contributed by atoms with Crippen LogP contribution >= 0.6 is 11.3 Å². The summed E-state index contributed by atoms with van der Waals surface area (Å²) in [5, 5.41) is 11.4. The van der Waals surface area contributed by atoms with Gasteiger partial charge in [0.25, 0.3) is 0 Å². The smallest absolute Gasteiger partial charge is 0.323 e. The molecule has 168 valence electrons. The van der Waals surface area contributed by atoms with Gasteiger partial charge in [0.05, 0.1) is 21.6 Å². The molecule has 0 saturated heterocycles. The number of aliphatic hydroxyl groups excluding tert-OH is 1. The lowest BCUT2D eigenvalue weighted by Crippen LogP contribution is -2.31. The fourth-order valence-electron chi connectivity index (χ4n) is 4.80. The fraction of sp³-hybridized carbons (Fsp3) is 0.154. The highest BCUT2D eigenvalue weighted by Gasteiger charge is 2.42. The Morgan fingerprint density at radius 3 is 2.79 bits per heavy atom. The van der Waals surface area contributed by atoms with Crippen LogP contribution in [0.5, 0.6) is 17.2 Å². The van der Waals surface area contributed by atoms with Crippen molar-refractivity contribution >= 4 is 32.5 Å². The minimum Gasteiger partial charge on any atom is -0.454 e. The van der Waals surface area contributed by atoms with E-state index in [-0.39, 0.29) is 6.79 Å². The Morgan fingerprint density at radius 2 is 1.88 bits per heavy atom. The molecular weight excluding hydrogens is 452 g/mol. The van der Waals surface area contributed by atoms with Crippen molar-refractivity contribution in [2.75, 3.05) is 6.79 Å². The molecule has 0 saturated carbocycles. The molecule has 2 aromatic heterocycles. The van der Waals surface area contributed by atoms with E-state index in [0.29, 0.717) is 34.2 Å². The van der Waals surface area contributed by atoms with Crippen LogP contribution in [0.25, 0.3) is 26.4 Å². The number of fused-ring (bicyclic) bond motifs is 5. The molecule has 1 N–H and O–H groups in total. The number of ether oxygens (including phenoxy) is 3. The van der Waals surface area contributed by atoms with Crippen LogP contribution in [0.1, 0.15) is 28.8 Å². The molecule has 3 aromatic carbocycles. The topological polar surface area (TPSA) is 82.3 Å². The lowest BCUT2D eigenvalue weighted by Gasteiger charge is -2.28. The Labute approximate surface area is 197 Å². The van der Waals surface area contributed by atoms with Crippen molar-refractivity contribution < 1.29 is 24.1 Å². The van der Waals surface area contributed by atoms with Crippen LogP contribution in [0.15, 0.2) is 60.7 Å². The van der Waals surface area contributed by atoms with Crippen molar-refractivity contribution in [3.8, 4) is 28.5 Å². The summed E-state index contributed by atoms with van der Waals surface area (Å²) in [5.74, 6) is 0.203. The highest BCUT2D eigenvalue weighted by Crippen LogP contribution is 2.47. The summed E-state index contributed by atoms with van der Waals surface area (Å²) in [6.07, 6.45) is -1.08. The van der Waals surface area contributed by atoms with Crippen molar-refractivity contribution in [1.82, 2.24) is 9.38 Å². The predicted molar refractivity (Wildman–Crippen MR) is 127 cm³/mol. The molecule has 8 heteroatoms. The van der Waals surface area contributed by atoms with Gasteiger partial charge in [-0.1, -0.05) is 35.6 Å². The van der Waals surface area contributed by atoms with Crippen LogP contribution in [-0.4, -0.2) is 27.3 Å². The van der Waals surface area contributed by atoms with Crippen LogP contribution in [0, 0.1) is 6.92 Å². The zero-order valence-corrected chi connectivity index (χ0v) is 18.8. The molecule has 0 aliphatic carbocycles. The average molecular weight is 471 g/mol. The van der Waals surface area contributed by atoms with Crippen molar-refractivity contribution in [2.45, 2.75) is 18.9 Å². The molecule has 5 aromatic rings. The van der Waals surface area contributed by atoms with Crippen LogP contribution in [-0.2, 0) is 4.79 Å². The Kier molecular flexibility index (Phi) is 4.06. The Bertz CT molecular complexity index is 1640. The number of thiazole rings is 1. The van der Waals surface area contributed by atoms with Crippen LogP contribution in [0.4, 0.5) is 0 Å². The van der Waals surface area contributed by atoms with Crippen molar-refractivity contribution in [3.05, 3.63) is 77.5 Å². The number of aryl methyl sites for hydroxylation is 1. The molecular formula is C26H18N2O5S. The highest BCUT2D eigenvalue weighted by atomic mass is 32.1. The summed E-state index contributed by atoms with van der Waals surface area (Å²) in [6.45, 7) is 2.21. The number of aromatic nitrogens is 2. The summed E-state index contributed by atoms with van der Waals surface area (Å²) in [6, 6.07) is 18.8. The van der Waals surface area contributed by atoms with E-state index in [9.17, 15) is 9.90 Å². The minimum atomic E-state index is -1.08. The van der Waals surface area contributed by atoms with E-state index in [1.54, 1.807) is 29.5 Å². The van der Waals surface area contributed by atoms with Gasteiger partial charge in [-0.3, -0.25) is 9.20 Å². The number of aliphatic hydroxyl groups is 1. The number of esters is 1. The number of para-hydroxylation sites is 1. The molecule has 4 heterocycles. The van der Waals surface area contributed by atoms with Gasteiger partial charge in [0, 0.05) is 11.1 Å². The second-order valence-electron chi connectivity index (χ2n) is 8.49. The van der Waals surface area contributed by atoms with E-state index in [2.05, 4.69) is 6.07 Å².